The zero-order chi connectivity index (χ0) is 13.5. The van der Waals surface area contributed by atoms with Crippen LogP contribution in [-0.4, -0.2) is 19.6 Å². The Morgan fingerprint density at radius 3 is 2.83 bits per heavy atom. The van der Waals surface area contributed by atoms with Crippen molar-refractivity contribution >= 4 is 21.9 Å². The van der Waals surface area contributed by atoms with Crippen LogP contribution in [0.2, 0.25) is 0 Å². The highest BCUT2D eigenvalue weighted by atomic mass is 79.9. The molecule has 0 bridgehead atoms. The third kappa shape index (κ3) is 4.42. The van der Waals surface area contributed by atoms with E-state index >= 15 is 0 Å². The van der Waals surface area contributed by atoms with E-state index in [4.69, 9.17) is 4.74 Å². The number of hydrogen-bond acceptors (Lipinski definition) is 3. The first kappa shape index (κ1) is 15.2. The topological polar surface area (TPSA) is 38.3 Å². The lowest BCUT2D eigenvalue weighted by Gasteiger charge is -2.14. The van der Waals surface area contributed by atoms with Crippen LogP contribution in [0.1, 0.15) is 24.5 Å². The van der Waals surface area contributed by atoms with Crippen molar-refractivity contribution < 1.29 is 9.53 Å². The second-order valence-electron chi connectivity index (χ2n) is 4.33. The van der Waals surface area contributed by atoms with Gasteiger partial charge < -0.3 is 10.1 Å². The lowest BCUT2D eigenvalue weighted by molar-refractivity contribution is -0.145. The Hall–Kier alpha value is -0.870. The number of methoxy groups -OCH3 is 1. The first-order valence-electron chi connectivity index (χ1n) is 6.12. The smallest absolute Gasteiger partial charge is 0.309 e. The van der Waals surface area contributed by atoms with Gasteiger partial charge in [0.15, 0.2) is 0 Å². The molecule has 0 spiro atoms. The fourth-order valence-electron chi connectivity index (χ4n) is 1.77. The third-order valence-corrected chi connectivity index (χ3v) is 3.54. The number of benzene rings is 1. The van der Waals surface area contributed by atoms with Crippen molar-refractivity contribution in [3.63, 3.8) is 0 Å². The molecule has 0 aromatic heterocycles. The Bertz CT molecular complexity index is 407. The SMILES string of the molecule is CCC(CNCc1cc(Br)ccc1C)C(=O)OC. The number of hydrogen-bond donors (Lipinski definition) is 1. The first-order chi connectivity index (χ1) is 8.58. The highest BCUT2D eigenvalue weighted by Crippen LogP contribution is 2.16. The van der Waals surface area contributed by atoms with Crippen LogP contribution in [0.15, 0.2) is 22.7 Å². The molecule has 0 aliphatic carbocycles. The van der Waals surface area contributed by atoms with Crippen molar-refractivity contribution in [2.45, 2.75) is 26.8 Å². The van der Waals surface area contributed by atoms with Crippen molar-refractivity contribution in [1.29, 1.82) is 0 Å². The molecule has 0 radical (unpaired) electrons. The van der Waals surface area contributed by atoms with Crippen LogP contribution >= 0.6 is 15.9 Å². The minimum absolute atomic E-state index is 0.0672. The normalized spacial score (nSPS) is 12.2. The first-order valence-corrected chi connectivity index (χ1v) is 6.91. The highest BCUT2D eigenvalue weighted by Gasteiger charge is 2.16. The lowest BCUT2D eigenvalue weighted by atomic mass is 10.1. The quantitative estimate of drug-likeness (QED) is 0.820. The van der Waals surface area contributed by atoms with Gasteiger partial charge in [0, 0.05) is 17.6 Å². The van der Waals surface area contributed by atoms with Crippen molar-refractivity contribution in [3.8, 4) is 0 Å². The summed E-state index contributed by atoms with van der Waals surface area (Å²) in [5.74, 6) is -0.210. The van der Waals surface area contributed by atoms with Gasteiger partial charge in [0.2, 0.25) is 0 Å². The Balaban J connectivity index is 2.50. The molecule has 0 saturated carbocycles. The maximum atomic E-state index is 11.4. The molecule has 0 heterocycles. The third-order valence-electron chi connectivity index (χ3n) is 3.04. The van der Waals surface area contributed by atoms with Gasteiger partial charge in [0.05, 0.1) is 13.0 Å². The van der Waals surface area contributed by atoms with E-state index in [2.05, 4.69) is 40.3 Å². The van der Waals surface area contributed by atoms with Gasteiger partial charge in [-0.05, 0) is 36.6 Å². The number of ether oxygens (including phenoxy) is 1. The summed E-state index contributed by atoms with van der Waals surface area (Å²) in [5.41, 5.74) is 2.49. The fraction of sp³-hybridized carbons (Fsp3) is 0.500. The summed E-state index contributed by atoms with van der Waals surface area (Å²) in [6, 6.07) is 6.21. The molecule has 1 N–H and O–H groups in total. The molecule has 1 atom stereocenters. The van der Waals surface area contributed by atoms with E-state index < -0.39 is 0 Å². The Morgan fingerprint density at radius 2 is 2.22 bits per heavy atom. The minimum atomic E-state index is -0.143. The van der Waals surface area contributed by atoms with E-state index in [1.165, 1.54) is 18.2 Å². The molecule has 1 aromatic rings. The van der Waals surface area contributed by atoms with Gasteiger partial charge in [-0.2, -0.15) is 0 Å². The molecule has 0 aliphatic rings. The lowest BCUT2D eigenvalue weighted by Crippen LogP contribution is -2.28. The predicted octanol–water partition coefficient (Wildman–Crippen LogP) is 3.05. The summed E-state index contributed by atoms with van der Waals surface area (Å²) >= 11 is 3.46. The van der Waals surface area contributed by atoms with Crippen molar-refractivity contribution in [1.82, 2.24) is 5.32 Å². The van der Waals surface area contributed by atoms with Gasteiger partial charge in [-0.3, -0.25) is 4.79 Å². The number of aryl methyl sites for hydroxylation is 1. The van der Waals surface area contributed by atoms with Gasteiger partial charge in [-0.15, -0.1) is 0 Å². The molecule has 0 fully saturated rings. The van der Waals surface area contributed by atoms with E-state index in [0.29, 0.717) is 6.54 Å². The molecule has 18 heavy (non-hydrogen) atoms. The molecule has 0 saturated heterocycles. The molecule has 1 aromatic carbocycles. The summed E-state index contributed by atoms with van der Waals surface area (Å²) in [5, 5.41) is 3.31. The average Bonchev–Trinajstić information content (AvgIpc) is 2.37. The summed E-state index contributed by atoms with van der Waals surface area (Å²) in [7, 11) is 1.43. The molecular formula is C14H20BrNO2. The second-order valence-corrected chi connectivity index (χ2v) is 5.25. The largest absolute Gasteiger partial charge is 0.469 e. The molecule has 3 nitrogen and oxygen atoms in total. The van der Waals surface area contributed by atoms with Gasteiger partial charge in [-0.1, -0.05) is 28.9 Å². The van der Waals surface area contributed by atoms with Crippen LogP contribution < -0.4 is 5.32 Å². The van der Waals surface area contributed by atoms with E-state index in [1.54, 1.807) is 0 Å². The van der Waals surface area contributed by atoms with Crippen LogP contribution in [0, 0.1) is 12.8 Å². The molecule has 0 aliphatic heterocycles. The van der Waals surface area contributed by atoms with Gasteiger partial charge in [-0.25, -0.2) is 0 Å². The Labute approximate surface area is 117 Å². The number of carbonyl (C=O) groups is 1. The van der Waals surface area contributed by atoms with Crippen LogP contribution in [0.4, 0.5) is 0 Å². The van der Waals surface area contributed by atoms with E-state index in [0.717, 1.165) is 17.4 Å². The number of carbonyl (C=O) groups excluding carboxylic acids is 1. The van der Waals surface area contributed by atoms with E-state index in [1.807, 2.05) is 13.0 Å². The maximum absolute atomic E-state index is 11.4. The van der Waals surface area contributed by atoms with Gasteiger partial charge in [0.25, 0.3) is 0 Å². The van der Waals surface area contributed by atoms with Crippen molar-refractivity contribution in [3.05, 3.63) is 33.8 Å². The molecular weight excluding hydrogens is 294 g/mol. The summed E-state index contributed by atoms with van der Waals surface area (Å²) in [4.78, 5) is 11.4. The molecule has 1 unspecified atom stereocenters. The standard InChI is InChI=1S/C14H20BrNO2/c1-4-11(14(17)18-3)8-16-9-12-7-13(15)6-5-10(12)2/h5-7,11,16H,4,8-9H2,1-3H3. The van der Waals surface area contributed by atoms with Crippen LogP contribution in [0.3, 0.4) is 0 Å². The maximum Gasteiger partial charge on any atom is 0.309 e. The minimum Gasteiger partial charge on any atom is -0.469 e. The Morgan fingerprint density at radius 1 is 1.50 bits per heavy atom. The number of esters is 1. The molecule has 4 heteroatoms. The van der Waals surface area contributed by atoms with Gasteiger partial charge >= 0.3 is 5.97 Å². The van der Waals surface area contributed by atoms with Gasteiger partial charge in [0.1, 0.15) is 0 Å². The monoisotopic (exact) mass is 313 g/mol. The zero-order valence-electron chi connectivity index (χ0n) is 11.1. The van der Waals surface area contributed by atoms with E-state index in [9.17, 15) is 4.79 Å². The van der Waals surface area contributed by atoms with Crippen molar-refractivity contribution in [2.75, 3.05) is 13.7 Å². The van der Waals surface area contributed by atoms with Crippen LogP contribution in [0.5, 0.6) is 0 Å². The summed E-state index contributed by atoms with van der Waals surface area (Å²) < 4.78 is 5.84. The summed E-state index contributed by atoms with van der Waals surface area (Å²) in [6.07, 6.45) is 0.789. The second kappa shape index (κ2) is 7.54. The number of rotatable bonds is 6. The molecule has 0 amide bonds. The fourth-order valence-corrected chi connectivity index (χ4v) is 2.18. The van der Waals surface area contributed by atoms with Crippen LogP contribution in [0.25, 0.3) is 0 Å². The highest BCUT2D eigenvalue weighted by molar-refractivity contribution is 9.10. The zero-order valence-corrected chi connectivity index (χ0v) is 12.7. The molecule has 1 rings (SSSR count). The van der Waals surface area contributed by atoms with E-state index in [-0.39, 0.29) is 11.9 Å². The van der Waals surface area contributed by atoms with Crippen molar-refractivity contribution in [2.24, 2.45) is 5.92 Å². The predicted molar refractivity (Wildman–Crippen MR) is 76.4 cm³/mol. The van der Waals surface area contributed by atoms with Crippen LogP contribution in [-0.2, 0) is 16.1 Å². The Kier molecular flexibility index (Phi) is 6.36. The molecule has 100 valence electrons. The average molecular weight is 314 g/mol. The number of nitrogens with one attached hydrogen (secondary N) is 1. The number of halogens is 1. The summed E-state index contributed by atoms with van der Waals surface area (Å²) in [6.45, 7) is 5.49.